The van der Waals surface area contributed by atoms with Gasteiger partial charge in [-0.1, -0.05) is 6.42 Å². The molecule has 2 N–H and O–H groups in total. The van der Waals surface area contributed by atoms with E-state index < -0.39 is 0 Å². The summed E-state index contributed by atoms with van der Waals surface area (Å²) in [5.41, 5.74) is 5.63. The van der Waals surface area contributed by atoms with Crippen molar-refractivity contribution in [1.29, 1.82) is 0 Å². The maximum atomic E-state index is 5.63. The van der Waals surface area contributed by atoms with Crippen LogP contribution in [0.4, 0.5) is 0 Å². The van der Waals surface area contributed by atoms with E-state index in [1.807, 2.05) is 0 Å². The topological polar surface area (TPSA) is 29.3 Å². The van der Waals surface area contributed by atoms with Crippen molar-refractivity contribution < 1.29 is 0 Å². The summed E-state index contributed by atoms with van der Waals surface area (Å²) in [6.45, 7) is 3.58. The lowest BCUT2D eigenvalue weighted by Crippen LogP contribution is -2.40. The van der Waals surface area contributed by atoms with E-state index in [9.17, 15) is 0 Å². The highest BCUT2D eigenvalue weighted by Crippen LogP contribution is 2.28. The molecule has 1 heterocycles. The molecule has 2 heteroatoms. The van der Waals surface area contributed by atoms with Crippen molar-refractivity contribution in [3.63, 3.8) is 0 Å². The Bertz CT molecular complexity index is 166. The van der Waals surface area contributed by atoms with E-state index in [2.05, 4.69) is 4.90 Å². The van der Waals surface area contributed by atoms with E-state index in [0.29, 0.717) is 0 Å². The van der Waals surface area contributed by atoms with Gasteiger partial charge in [0.1, 0.15) is 0 Å². The molecule has 2 aliphatic rings. The fraction of sp³-hybridized carbons (Fsp3) is 1.00. The molecular weight excluding hydrogens is 172 g/mol. The van der Waals surface area contributed by atoms with Crippen molar-refractivity contribution >= 4 is 0 Å². The summed E-state index contributed by atoms with van der Waals surface area (Å²) in [6.07, 6.45) is 9.85. The quantitative estimate of drug-likeness (QED) is 0.748. The standard InChI is InChI=1S/C12H24N2/c13-8-6-11-3-2-9-14(10-7-11)12-4-1-5-12/h11-12H,1-10,13H2. The average Bonchev–Trinajstić information content (AvgIpc) is 2.29. The molecule has 2 nitrogen and oxygen atoms in total. The lowest BCUT2D eigenvalue weighted by Gasteiger charge is -2.36. The molecule has 1 atom stereocenters. The Morgan fingerprint density at radius 3 is 2.50 bits per heavy atom. The Kier molecular flexibility index (Phi) is 3.82. The molecule has 82 valence electrons. The SMILES string of the molecule is NCCC1CCCN(C2CCC2)CC1. The van der Waals surface area contributed by atoms with E-state index in [1.165, 1.54) is 58.0 Å². The monoisotopic (exact) mass is 196 g/mol. The number of nitrogens with two attached hydrogens (primary N) is 1. The third-order valence-electron chi connectivity index (χ3n) is 4.05. The molecule has 1 saturated carbocycles. The maximum absolute atomic E-state index is 5.63. The lowest BCUT2D eigenvalue weighted by atomic mass is 9.91. The summed E-state index contributed by atoms with van der Waals surface area (Å²) in [7, 11) is 0. The van der Waals surface area contributed by atoms with Gasteiger partial charge in [0.25, 0.3) is 0 Å². The summed E-state index contributed by atoms with van der Waals surface area (Å²) >= 11 is 0. The molecule has 14 heavy (non-hydrogen) atoms. The van der Waals surface area contributed by atoms with Crippen LogP contribution in [0.2, 0.25) is 0 Å². The number of hydrogen-bond donors (Lipinski definition) is 1. The van der Waals surface area contributed by atoms with Gasteiger partial charge in [-0.15, -0.1) is 0 Å². The molecule has 1 aliphatic carbocycles. The second-order valence-corrected chi connectivity index (χ2v) is 4.99. The molecule has 0 bridgehead atoms. The Hall–Kier alpha value is -0.0800. The number of nitrogens with zero attached hydrogens (tertiary/aromatic N) is 1. The lowest BCUT2D eigenvalue weighted by molar-refractivity contribution is 0.130. The molecular formula is C12H24N2. The van der Waals surface area contributed by atoms with Crippen molar-refractivity contribution in [3.8, 4) is 0 Å². The second kappa shape index (κ2) is 5.13. The number of rotatable bonds is 3. The molecule has 0 radical (unpaired) electrons. The third kappa shape index (κ3) is 2.48. The van der Waals surface area contributed by atoms with Gasteiger partial charge >= 0.3 is 0 Å². The third-order valence-corrected chi connectivity index (χ3v) is 4.05. The van der Waals surface area contributed by atoms with Gasteiger partial charge in [-0.05, 0) is 64.1 Å². The zero-order valence-electron chi connectivity index (χ0n) is 9.25. The minimum atomic E-state index is 0.883. The van der Waals surface area contributed by atoms with Crippen LogP contribution in [0.3, 0.4) is 0 Å². The summed E-state index contributed by atoms with van der Waals surface area (Å²) in [5, 5.41) is 0. The molecule has 1 unspecified atom stereocenters. The first-order valence-corrected chi connectivity index (χ1v) is 6.34. The zero-order chi connectivity index (χ0) is 9.80. The highest BCUT2D eigenvalue weighted by Gasteiger charge is 2.26. The summed E-state index contributed by atoms with van der Waals surface area (Å²) in [4.78, 5) is 2.74. The normalized spacial score (nSPS) is 31.1. The van der Waals surface area contributed by atoms with E-state index in [-0.39, 0.29) is 0 Å². The van der Waals surface area contributed by atoms with Gasteiger partial charge in [-0.25, -0.2) is 0 Å². The first-order valence-electron chi connectivity index (χ1n) is 6.34. The smallest absolute Gasteiger partial charge is 0.00952 e. The average molecular weight is 196 g/mol. The van der Waals surface area contributed by atoms with Crippen LogP contribution < -0.4 is 5.73 Å². The van der Waals surface area contributed by atoms with Crippen molar-refractivity contribution in [1.82, 2.24) is 4.90 Å². The van der Waals surface area contributed by atoms with Crippen molar-refractivity contribution in [3.05, 3.63) is 0 Å². The Labute approximate surface area is 87.8 Å². The zero-order valence-corrected chi connectivity index (χ0v) is 9.25. The van der Waals surface area contributed by atoms with E-state index >= 15 is 0 Å². The molecule has 0 aromatic carbocycles. The summed E-state index contributed by atoms with van der Waals surface area (Å²) in [5.74, 6) is 0.921. The number of hydrogen-bond acceptors (Lipinski definition) is 2. The van der Waals surface area contributed by atoms with Crippen LogP contribution in [0.1, 0.15) is 44.9 Å². The number of likely N-dealkylation sites (tertiary alicyclic amines) is 1. The predicted octanol–water partition coefficient (Wildman–Crippen LogP) is 1.99. The molecule has 0 aromatic rings. The first kappa shape index (κ1) is 10.4. The molecule has 0 spiro atoms. The largest absolute Gasteiger partial charge is 0.330 e. The first-order chi connectivity index (χ1) is 6.90. The van der Waals surface area contributed by atoms with Crippen LogP contribution in [0.5, 0.6) is 0 Å². The van der Waals surface area contributed by atoms with Crippen molar-refractivity contribution in [2.24, 2.45) is 11.7 Å². The van der Waals surface area contributed by atoms with Gasteiger partial charge in [-0.3, -0.25) is 0 Å². The fourth-order valence-electron chi connectivity index (χ4n) is 2.83. The van der Waals surface area contributed by atoms with Crippen LogP contribution in [-0.4, -0.2) is 30.6 Å². The molecule has 2 rings (SSSR count). The molecule has 1 aliphatic heterocycles. The van der Waals surface area contributed by atoms with Crippen LogP contribution in [0, 0.1) is 5.92 Å². The molecule has 0 aromatic heterocycles. The summed E-state index contributed by atoms with van der Waals surface area (Å²) < 4.78 is 0. The Morgan fingerprint density at radius 1 is 1.00 bits per heavy atom. The predicted molar refractivity (Wildman–Crippen MR) is 60.2 cm³/mol. The minimum absolute atomic E-state index is 0.883. The maximum Gasteiger partial charge on any atom is 0.00952 e. The highest BCUT2D eigenvalue weighted by atomic mass is 15.2. The van der Waals surface area contributed by atoms with Gasteiger partial charge < -0.3 is 10.6 Å². The summed E-state index contributed by atoms with van der Waals surface area (Å²) in [6, 6.07) is 0.951. The molecule has 2 fully saturated rings. The highest BCUT2D eigenvalue weighted by molar-refractivity contribution is 4.82. The minimum Gasteiger partial charge on any atom is -0.330 e. The van der Waals surface area contributed by atoms with E-state index in [4.69, 9.17) is 5.73 Å². The Balaban J connectivity index is 1.75. The fourth-order valence-corrected chi connectivity index (χ4v) is 2.83. The van der Waals surface area contributed by atoms with Gasteiger partial charge in [0.15, 0.2) is 0 Å². The van der Waals surface area contributed by atoms with Crippen molar-refractivity contribution in [2.45, 2.75) is 51.0 Å². The van der Waals surface area contributed by atoms with E-state index in [0.717, 1.165) is 18.5 Å². The van der Waals surface area contributed by atoms with Crippen LogP contribution in [0.15, 0.2) is 0 Å². The molecule has 0 amide bonds. The second-order valence-electron chi connectivity index (χ2n) is 4.99. The van der Waals surface area contributed by atoms with Gasteiger partial charge in [0.2, 0.25) is 0 Å². The van der Waals surface area contributed by atoms with Gasteiger partial charge in [-0.2, -0.15) is 0 Å². The Morgan fingerprint density at radius 2 is 1.86 bits per heavy atom. The van der Waals surface area contributed by atoms with Gasteiger partial charge in [0, 0.05) is 6.04 Å². The van der Waals surface area contributed by atoms with Crippen molar-refractivity contribution in [2.75, 3.05) is 19.6 Å². The van der Waals surface area contributed by atoms with Crippen LogP contribution in [0.25, 0.3) is 0 Å². The van der Waals surface area contributed by atoms with Crippen LogP contribution >= 0.6 is 0 Å². The molecule has 1 saturated heterocycles. The van der Waals surface area contributed by atoms with Gasteiger partial charge in [0.05, 0.1) is 0 Å². The van der Waals surface area contributed by atoms with Crippen LogP contribution in [-0.2, 0) is 0 Å². The van der Waals surface area contributed by atoms with E-state index in [1.54, 1.807) is 0 Å².